The molecule has 5 fully saturated rings. The molecule has 5 saturated heterocycles. The second-order valence-corrected chi connectivity index (χ2v) is 17.2. The molecule has 3 aromatic rings. The normalized spacial score (nSPS) is 23.7. The Morgan fingerprint density at radius 1 is 0.912 bits per heavy atom. The van der Waals surface area contributed by atoms with Crippen LogP contribution in [0.4, 0.5) is 17.1 Å². The number of carbonyl (C=O) groups excluding carboxylic acids is 5. The summed E-state index contributed by atoms with van der Waals surface area (Å²) in [7, 11) is 1.98. The fourth-order valence-corrected chi connectivity index (χ4v) is 10.0. The molecule has 0 radical (unpaired) electrons. The van der Waals surface area contributed by atoms with Crippen molar-refractivity contribution in [2.24, 2.45) is 5.41 Å². The summed E-state index contributed by atoms with van der Waals surface area (Å²) in [4.78, 5) is 76.2. The minimum atomic E-state index is -0.990. The molecular weight excluding hydrogens is 744 g/mol. The van der Waals surface area contributed by atoms with Crippen molar-refractivity contribution in [2.75, 3.05) is 67.6 Å². The molecular formula is C43H45ClN8O5. The van der Waals surface area contributed by atoms with Gasteiger partial charge >= 0.3 is 0 Å². The summed E-state index contributed by atoms with van der Waals surface area (Å²) < 4.78 is 0. The number of hydrogen-bond acceptors (Lipinski definition) is 10. The quantitative estimate of drug-likeness (QED) is 0.348. The number of piperidine rings is 2. The maximum atomic E-state index is 13.4. The van der Waals surface area contributed by atoms with Gasteiger partial charge in [0, 0.05) is 94.0 Å². The van der Waals surface area contributed by atoms with E-state index in [1.807, 2.05) is 48.3 Å². The standard InChI is InChI=1S/C43H45ClN8O5/c1-26-19-43(25-51(26)31-8-5-28(20-45)36(44)18-31)13-15-48(16-14-43)29-6-3-27(4-7-29)40(55)50-23-33(24-50)49-21-32(22-49)47(2)30-9-10-34-35(17-30)42(57)52(41(34)56)37-11-12-38(53)46-39(37)54/h3-10,17-18,26,32-33,37H,11-16,19,21-25H2,1-2H3,(H,46,53,54)/t26-,37?/m0/s1. The summed E-state index contributed by atoms with van der Waals surface area (Å²) >= 11 is 6.37. The van der Waals surface area contributed by atoms with Crippen LogP contribution in [0.25, 0.3) is 0 Å². The van der Waals surface area contributed by atoms with Crippen molar-refractivity contribution < 1.29 is 24.0 Å². The lowest BCUT2D eigenvalue weighted by atomic mass is 9.76. The van der Waals surface area contributed by atoms with E-state index in [2.05, 4.69) is 50.0 Å². The Labute approximate surface area is 336 Å². The van der Waals surface area contributed by atoms with Gasteiger partial charge in [-0.2, -0.15) is 5.26 Å². The molecule has 6 aliphatic heterocycles. The highest BCUT2D eigenvalue weighted by atomic mass is 35.5. The van der Waals surface area contributed by atoms with Crippen molar-refractivity contribution >= 4 is 58.2 Å². The first kappa shape index (κ1) is 37.1. The Bertz CT molecular complexity index is 2220. The minimum absolute atomic E-state index is 0.0521. The summed E-state index contributed by atoms with van der Waals surface area (Å²) in [5.41, 5.74) is 5.03. The number of nitrogens with one attached hydrogen (secondary N) is 1. The topological polar surface area (TPSA) is 141 Å². The van der Waals surface area contributed by atoms with Gasteiger partial charge in [-0.25, -0.2) is 0 Å². The predicted molar refractivity (Wildman–Crippen MR) is 214 cm³/mol. The molecule has 6 aliphatic rings. The average molecular weight is 789 g/mol. The lowest BCUT2D eigenvalue weighted by Gasteiger charge is -2.54. The summed E-state index contributed by atoms with van der Waals surface area (Å²) in [6, 6.07) is 21.1. The first-order valence-corrected chi connectivity index (χ1v) is 20.2. The third-order valence-corrected chi connectivity index (χ3v) is 13.7. The largest absolute Gasteiger partial charge is 0.371 e. The highest BCUT2D eigenvalue weighted by Crippen LogP contribution is 2.46. The number of likely N-dealkylation sites (N-methyl/N-ethyl adjacent to an activating group) is 1. The van der Waals surface area contributed by atoms with E-state index in [4.69, 9.17) is 11.6 Å². The monoisotopic (exact) mass is 788 g/mol. The van der Waals surface area contributed by atoms with Gasteiger partial charge in [0.1, 0.15) is 12.1 Å². The van der Waals surface area contributed by atoms with Crippen LogP contribution < -0.4 is 20.0 Å². The average Bonchev–Trinajstić information content (AvgIpc) is 3.62. The Morgan fingerprint density at radius 2 is 1.61 bits per heavy atom. The van der Waals surface area contributed by atoms with E-state index < -0.39 is 29.7 Å². The summed E-state index contributed by atoms with van der Waals surface area (Å²) in [6.45, 7) is 8.20. The number of hydrogen-bond donors (Lipinski definition) is 1. The van der Waals surface area contributed by atoms with E-state index in [0.29, 0.717) is 41.3 Å². The number of rotatable bonds is 7. The number of fused-ring (bicyclic) bond motifs is 1. The molecule has 0 aromatic heterocycles. The number of carbonyl (C=O) groups is 5. The van der Waals surface area contributed by atoms with Crippen molar-refractivity contribution in [3.05, 3.63) is 87.9 Å². The number of anilines is 3. The molecule has 294 valence electrons. The molecule has 1 spiro atoms. The van der Waals surface area contributed by atoms with E-state index in [9.17, 15) is 29.2 Å². The van der Waals surface area contributed by atoms with Crippen LogP contribution in [-0.4, -0.2) is 121 Å². The molecule has 6 heterocycles. The van der Waals surface area contributed by atoms with Crippen molar-refractivity contribution in [1.29, 1.82) is 5.26 Å². The summed E-state index contributed by atoms with van der Waals surface area (Å²) in [6.07, 6.45) is 3.53. The van der Waals surface area contributed by atoms with Gasteiger partial charge < -0.3 is 19.6 Å². The molecule has 0 bridgehead atoms. The Morgan fingerprint density at radius 3 is 2.30 bits per heavy atom. The first-order valence-electron chi connectivity index (χ1n) is 19.8. The number of halogens is 1. The predicted octanol–water partition coefficient (Wildman–Crippen LogP) is 4.14. The van der Waals surface area contributed by atoms with E-state index in [0.717, 1.165) is 73.9 Å². The zero-order valence-electron chi connectivity index (χ0n) is 32.1. The maximum absolute atomic E-state index is 13.4. The fraction of sp³-hybridized carbons (Fsp3) is 0.442. The SMILES string of the molecule is C[C@H]1CC2(CCN(c3ccc(C(=O)N4CC(N5CC(N(C)c6ccc7c(c6)C(=O)N(C6CCC(=O)NC6=O)C7=O)C5)C4)cc3)CC2)CN1c1ccc(C#N)c(Cl)c1. The lowest BCUT2D eigenvalue weighted by molar-refractivity contribution is -0.136. The molecule has 0 saturated carbocycles. The third-order valence-electron chi connectivity index (χ3n) is 13.4. The molecule has 14 heteroatoms. The van der Waals surface area contributed by atoms with Crippen LogP contribution in [0, 0.1) is 16.7 Å². The van der Waals surface area contributed by atoms with Gasteiger partial charge in [-0.1, -0.05) is 11.6 Å². The maximum Gasteiger partial charge on any atom is 0.262 e. The van der Waals surface area contributed by atoms with Crippen molar-refractivity contribution in [1.82, 2.24) is 20.0 Å². The third kappa shape index (κ3) is 6.48. The van der Waals surface area contributed by atoms with Crippen molar-refractivity contribution in [2.45, 2.75) is 63.2 Å². The number of nitriles is 1. The molecule has 0 aliphatic carbocycles. The molecule has 1 N–H and O–H groups in total. The molecule has 57 heavy (non-hydrogen) atoms. The van der Waals surface area contributed by atoms with Crippen LogP contribution in [0.2, 0.25) is 5.02 Å². The Balaban J connectivity index is 0.737. The van der Waals surface area contributed by atoms with Crippen LogP contribution in [0.15, 0.2) is 60.7 Å². The fourth-order valence-electron chi connectivity index (χ4n) is 9.81. The lowest BCUT2D eigenvalue weighted by Crippen LogP contribution is -2.70. The van der Waals surface area contributed by atoms with Crippen LogP contribution >= 0.6 is 11.6 Å². The molecule has 1 unspecified atom stereocenters. The van der Waals surface area contributed by atoms with Crippen LogP contribution in [-0.2, 0) is 9.59 Å². The highest BCUT2D eigenvalue weighted by Gasteiger charge is 2.47. The number of nitrogens with zero attached hydrogens (tertiary/aromatic N) is 7. The number of amides is 5. The number of benzene rings is 3. The highest BCUT2D eigenvalue weighted by molar-refractivity contribution is 6.32. The second-order valence-electron chi connectivity index (χ2n) is 16.8. The van der Waals surface area contributed by atoms with Gasteiger partial charge in [-0.3, -0.25) is 39.1 Å². The van der Waals surface area contributed by atoms with E-state index in [-0.39, 0.29) is 41.3 Å². The van der Waals surface area contributed by atoms with Crippen LogP contribution in [0.5, 0.6) is 0 Å². The van der Waals surface area contributed by atoms with Crippen LogP contribution in [0.1, 0.15) is 75.7 Å². The first-order chi connectivity index (χ1) is 27.4. The minimum Gasteiger partial charge on any atom is -0.371 e. The molecule has 5 amide bonds. The summed E-state index contributed by atoms with van der Waals surface area (Å²) in [5.74, 6) is -1.99. The van der Waals surface area contributed by atoms with E-state index >= 15 is 0 Å². The number of likely N-dealkylation sites (tertiary alicyclic amines) is 2. The molecule has 3 aromatic carbocycles. The van der Waals surface area contributed by atoms with Gasteiger partial charge in [0.15, 0.2) is 0 Å². The molecule has 2 atom stereocenters. The van der Waals surface area contributed by atoms with Gasteiger partial charge in [0.25, 0.3) is 17.7 Å². The Kier molecular flexibility index (Phi) is 9.24. The van der Waals surface area contributed by atoms with Crippen molar-refractivity contribution in [3.63, 3.8) is 0 Å². The van der Waals surface area contributed by atoms with Gasteiger partial charge in [0.05, 0.1) is 27.8 Å². The molecule has 13 nitrogen and oxygen atoms in total. The zero-order chi connectivity index (χ0) is 39.7. The van der Waals surface area contributed by atoms with Gasteiger partial charge in [-0.05, 0) is 98.7 Å². The Hall–Kier alpha value is -5.45. The van der Waals surface area contributed by atoms with Gasteiger partial charge in [-0.15, -0.1) is 0 Å². The summed E-state index contributed by atoms with van der Waals surface area (Å²) in [5, 5.41) is 12.0. The molecule has 9 rings (SSSR count). The van der Waals surface area contributed by atoms with Crippen LogP contribution in [0.3, 0.4) is 0 Å². The van der Waals surface area contributed by atoms with Crippen molar-refractivity contribution in [3.8, 4) is 6.07 Å². The second kappa shape index (κ2) is 14.2. The zero-order valence-corrected chi connectivity index (χ0v) is 32.9. The van der Waals surface area contributed by atoms with E-state index in [1.165, 1.54) is 0 Å². The smallest absolute Gasteiger partial charge is 0.262 e. The number of imide groups is 2. The van der Waals surface area contributed by atoms with Gasteiger partial charge in [0.2, 0.25) is 11.8 Å². The van der Waals surface area contributed by atoms with E-state index in [1.54, 1.807) is 12.1 Å².